The van der Waals surface area contributed by atoms with Gasteiger partial charge in [-0.3, -0.25) is 4.79 Å². The first kappa shape index (κ1) is 20.9. The molecule has 4 nitrogen and oxygen atoms in total. The first-order valence-corrected chi connectivity index (χ1v) is 8.41. The Labute approximate surface area is 151 Å². The van der Waals surface area contributed by atoms with Gasteiger partial charge in [-0.2, -0.15) is 0 Å². The van der Waals surface area contributed by atoms with Gasteiger partial charge in [0, 0.05) is 18.4 Å². The summed E-state index contributed by atoms with van der Waals surface area (Å²) < 4.78 is 5.70. The van der Waals surface area contributed by atoms with E-state index in [9.17, 15) is 4.79 Å². The molecule has 136 valence electrons. The lowest BCUT2D eigenvalue weighted by Gasteiger charge is -2.57. The van der Waals surface area contributed by atoms with E-state index in [0.29, 0.717) is 13.0 Å². The molecule has 3 N–H and O–H groups in total. The van der Waals surface area contributed by atoms with Crippen molar-refractivity contribution in [3.8, 4) is 0 Å². The van der Waals surface area contributed by atoms with Crippen molar-refractivity contribution in [1.82, 2.24) is 5.32 Å². The molecule has 3 unspecified atom stereocenters. The first-order chi connectivity index (χ1) is 10.6. The molecule has 0 spiro atoms. The fourth-order valence-corrected chi connectivity index (χ4v) is 3.49. The van der Waals surface area contributed by atoms with Crippen molar-refractivity contribution in [1.29, 1.82) is 0 Å². The molecule has 1 aromatic carbocycles. The van der Waals surface area contributed by atoms with E-state index < -0.39 is 5.54 Å². The average molecular weight is 355 g/mol. The Bertz CT molecular complexity index is 583. The Morgan fingerprint density at radius 1 is 1.33 bits per heavy atom. The second-order valence-corrected chi connectivity index (χ2v) is 7.46. The quantitative estimate of drug-likeness (QED) is 0.851. The molecule has 1 aliphatic rings. The van der Waals surface area contributed by atoms with Gasteiger partial charge in [0.1, 0.15) is 5.54 Å². The SMILES string of the molecule is CCOC1CC(N)(C(=O)NC(C)c2cc(C)cc(C)c2)C1(C)C.Cl. The maximum atomic E-state index is 12.8. The summed E-state index contributed by atoms with van der Waals surface area (Å²) in [6.45, 7) is 12.8. The van der Waals surface area contributed by atoms with Crippen LogP contribution in [0.2, 0.25) is 0 Å². The molecule has 2 rings (SSSR count). The smallest absolute Gasteiger partial charge is 0.241 e. The average Bonchev–Trinajstić information content (AvgIpc) is 2.45. The van der Waals surface area contributed by atoms with E-state index in [1.165, 1.54) is 11.1 Å². The summed E-state index contributed by atoms with van der Waals surface area (Å²) in [5.41, 5.74) is 8.70. The molecule has 1 aromatic rings. The van der Waals surface area contributed by atoms with Crippen LogP contribution in [0.15, 0.2) is 18.2 Å². The van der Waals surface area contributed by atoms with Crippen LogP contribution in [0.4, 0.5) is 0 Å². The maximum absolute atomic E-state index is 12.8. The lowest BCUT2D eigenvalue weighted by Crippen LogP contribution is -2.75. The van der Waals surface area contributed by atoms with E-state index in [2.05, 4.69) is 37.4 Å². The summed E-state index contributed by atoms with van der Waals surface area (Å²) >= 11 is 0. The van der Waals surface area contributed by atoms with E-state index in [0.717, 1.165) is 5.56 Å². The number of carbonyl (C=O) groups is 1. The molecule has 1 saturated carbocycles. The zero-order chi connectivity index (χ0) is 17.4. The molecular weight excluding hydrogens is 324 g/mol. The van der Waals surface area contributed by atoms with Crippen LogP contribution in [0.25, 0.3) is 0 Å². The van der Waals surface area contributed by atoms with Crippen molar-refractivity contribution < 1.29 is 9.53 Å². The molecule has 0 radical (unpaired) electrons. The second kappa shape index (κ2) is 7.42. The molecule has 1 amide bonds. The molecule has 3 atom stereocenters. The zero-order valence-electron chi connectivity index (χ0n) is 15.6. The number of halogens is 1. The third kappa shape index (κ3) is 3.61. The van der Waals surface area contributed by atoms with Gasteiger partial charge in [0.05, 0.1) is 12.1 Å². The summed E-state index contributed by atoms with van der Waals surface area (Å²) in [6.07, 6.45) is 0.610. The number of ether oxygens (including phenoxy) is 1. The molecule has 5 heteroatoms. The minimum atomic E-state index is -0.875. The first-order valence-electron chi connectivity index (χ1n) is 8.41. The lowest BCUT2D eigenvalue weighted by molar-refractivity contribution is -0.171. The van der Waals surface area contributed by atoms with E-state index in [1.54, 1.807) is 0 Å². The number of hydrogen-bond acceptors (Lipinski definition) is 3. The number of carbonyl (C=O) groups excluding carboxylic acids is 1. The molecule has 0 aromatic heterocycles. The minimum Gasteiger partial charge on any atom is -0.378 e. The van der Waals surface area contributed by atoms with Crippen molar-refractivity contribution >= 4 is 18.3 Å². The third-order valence-corrected chi connectivity index (χ3v) is 5.33. The van der Waals surface area contributed by atoms with Gasteiger partial charge in [0.15, 0.2) is 0 Å². The number of rotatable bonds is 5. The van der Waals surface area contributed by atoms with Crippen LogP contribution in [0.5, 0.6) is 0 Å². The van der Waals surface area contributed by atoms with Crippen LogP contribution < -0.4 is 11.1 Å². The van der Waals surface area contributed by atoms with Gasteiger partial charge in [-0.05, 0) is 33.3 Å². The number of benzene rings is 1. The molecule has 0 bridgehead atoms. The third-order valence-electron chi connectivity index (χ3n) is 5.33. The topological polar surface area (TPSA) is 64.3 Å². The fourth-order valence-electron chi connectivity index (χ4n) is 3.49. The van der Waals surface area contributed by atoms with Gasteiger partial charge >= 0.3 is 0 Å². The number of nitrogens with two attached hydrogens (primary N) is 1. The number of nitrogens with one attached hydrogen (secondary N) is 1. The molecule has 24 heavy (non-hydrogen) atoms. The highest BCUT2D eigenvalue weighted by atomic mass is 35.5. The number of amides is 1. The molecule has 0 aliphatic heterocycles. The number of hydrogen-bond donors (Lipinski definition) is 2. The summed E-state index contributed by atoms with van der Waals surface area (Å²) in [5, 5.41) is 3.09. The molecule has 1 fully saturated rings. The van der Waals surface area contributed by atoms with Gasteiger partial charge < -0.3 is 15.8 Å². The van der Waals surface area contributed by atoms with E-state index in [4.69, 9.17) is 10.5 Å². The van der Waals surface area contributed by atoms with Gasteiger partial charge in [0.25, 0.3) is 0 Å². The van der Waals surface area contributed by atoms with Crippen LogP contribution in [0.1, 0.15) is 56.8 Å². The van der Waals surface area contributed by atoms with E-state index in [-0.39, 0.29) is 35.9 Å². The van der Waals surface area contributed by atoms with Gasteiger partial charge in [-0.25, -0.2) is 0 Å². The Kier molecular flexibility index (Phi) is 6.48. The summed E-state index contributed by atoms with van der Waals surface area (Å²) in [4.78, 5) is 12.8. The standard InChI is InChI=1S/C19H30N2O2.ClH/c1-7-23-16-11-19(20,18(16,5)6)17(22)21-14(4)15-9-12(2)8-13(3)10-15;/h8-10,14,16H,7,11,20H2,1-6H3,(H,21,22);1H. The van der Waals surface area contributed by atoms with Crippen molar-refractivity contribution in [2.75, 3.05) is 6.61 Å². The van der Waals surface area contributed by atoms with Crippen LogP contribution >= 0.6 is 12.4 Å². The second-order valence-electron chi connectivity index (χ2n) is 7.46. The summed E-state index contributed by atoms with van der Waals surface area (Å²) in [5.74, 6) is -0.0925. The van der Waals surface area contributed by atoms with Crippen molar-refractivity contribution in [2.45, 2.75) is 65.6 Å². The predicted octanol–water partition coefficient (Wildman–Crippen LogP) is 3.43. The van der Waals surface area contributed by atoms with Crippen molar-refractivity contribution in [2.24, 2.45) is 11.1 Å². The van der Waals surface area contributed by atoms with Crippen LogP contribution in [0, 0.1) is 19.3 Å². The maximum Gasteiger partial charge on any atom is 0.241 e. The lowest BCUT2D eigenvalue weighted by atomic mass is 9.54. The summed E-state index contributed by atoms with van der Waals surface area (Å²) in [6, 6.07) is 6.28. The Hall–Kier alpha value is -1.10. The Morgan fingerprint density at radius 2 is 1.88 bits per heavy atom. The molecular formula is C19H31ClN2O2. The van der Waals surface area contributed by atoms with Crippen LogP contribution in [-0.4, -0.2) is 24.2 Å². The summed E-state index contributed by atoms with van der Waals surface area (Å²) in [7, 11) is 0. The minimum absolute atomic E-state index is 0. The largest absolute Gasteiger partial charge is 0.378 e. The highest BCUT2D eigenvalue weighted by molar-refractivity contribution is 5.89. The van der Waals surface area contributed by atoms with Crippen LogP contribution in [-0.2, 0) is 9.53 Å². The van der Waals surface area contributed by atoms with E-state index in [1.807, 2.05) is 27.7 Å². The van der Waals surface area contributed by atoms with Crippen molar-refractivity contribution in [3.63, 3.8) is 0 Å². The highest BCUT2D eigenvalue weighted by Crippen LogP contribution is 2.50. The fraction of sp³-hybridized carbons (Fsp3) is 0.632. The molecule has 0 heterocycles. The van der Waals surface area contributed by atoms with Gasteiger partial charge in [-0.15, -0.1) is 12.4 Å². The zero-order valence-corrected chi connectivity index (χ0v) is 16.4. The Morgan fingerprint density at radius 3 is 2.33 bits per heavy atom. The molecule has 0 saturated heterocycles. The van der Waals surface area contributed by atoms with Crippen molar-refractivity contribution in [3.05, 3.63) is 34.9 Å². The Balaban J connectivity index is 0.00000288. The highest BCUT2D eigenvalue weighted by Gasteiger charge is 2.62. The van der Waals surface area contributed by atoms with E-state index >= 15 is 0 Å². The monoisotopic (exact) mass is 354 g/mol. The predicted molar refractivity (Wildman–Crippen MR) is 100 cm³/mol. The van der Waals surface area contributed by atoms with Gasteiger partial charge in [0.2, 0.25) is 5.91 Å². The number of aryl methyl sites for hydroxylation is 2. The molecule has 1 aliphatic carbocycles. The normalized spacial score (nSPS) is 26.0. The van der Waals surface area contributed by atoms with Gasteiger partial charge in [-0.1, -0.05) is 43.2 Å². The van der Waals surface area contributed by atoms with Crippen LogP contribution in [0.3, 0.4) is 0 Å².